The Bertz CT molecular complexity index is 578. The van der Waals surface area contributed by atoms with Crippen molar-refractivity contribution >= 4 is 11.8 Å². The maximum Gasteiger partial charge on any atom is 0.191 e. The number of nitrogens with one attached hydrogen (secondary N) is 2. The minimum Gasteiger partial charge on any atom is -0.357 e. The molecule has 0 atom stereocenters. The zero-order chi connectivity index (χ0) is 17.5. The van der Waals surface area contributed by atoms with Gasteiger partial charge in [-0.3, -0.25) is 0 Å². The number of piperazine rings is 1. The maximum atomic E-state index is 4.71. The quantitative estimate of drug-likeness (QED) is 0.484. The second-order valence-electron chi connectivity index (χ2n) is 6.79. The van der Waals surface area contributed by atoms with Gasteiger partial charge in [0.1, 0.15) is 5.82 Å². The van der Waals surface area contributed by atoms with Crippen LogP contribution >= 0.6 is 0 Å². The smallest absolute Gasteiger partial charge is 0.191 e. The van der Waals surface area contributed by atoms with Gasteiger partial charge in [-0.2, -0.15) is 0 Å². The van der Waals surface area contributed by atoms with Gasteiger partial charge in [0.15, 0.2) is 5.96 Å². The van der Waals surface area contributed by atoms with Crippen LogP contribution in [-0.2, 0) is 6.54 Å². The Balaban J connectivity index is 1.55. The van der Waals surface area contributed by atoms with Gasteiger partial charge in [-0.05, 0) is 38.4 Å². The fourth-order valence-electron chi connectivity index (χ4n) is 3.15. The van der Waals surface area contributed by atoms with Gasteiger partial charge in [-0.1, -0.05) is 18.2 Å². The molecule has 0 saturated carbocycles. The summed E-state index contributed by atoms with van der Waals surface area (Å²) in [6.07, 6.45) is 8.56. The number of hydrogen-bond donors (Lipinski definition) is 2. The molecule has 0 radical (unpaired) electrons. The molecule has 2 aliphatic rings. The minimum atomic E-state index is 0.468. The number of pyridine rings is 1. The number of anilines is 1. The first-order valence-electron chi connectivity index (χ1n) is 9.33. The van der Waals surface area contributed by atoms with E-state index >= 15 is 0 Å². The standard InChI is InChI=1S/C19H30N6/c1-3-20-19(23-17-6-4-5-7-17)22-15-16-8-9-18(21-14-16)25-12-10-24(2)11-13-25/h4-5,8-9,14,17H,3,6-7,10-13,15H2,1-2H3,(H2,20,22,23). The highest BCUT2D eigenvalue weighted by Crippen LogP contribution is 2.14. The van der Waals surface area contributed by atoms with Gasteiger partial charge < -0.3 is 20.4 Å². The molecule has 0 amide bonds. The summed E-state index contributed by atoms with van der Waals surface area (Å²) in [5.74, 6) is 1.96. The van der Waals surface area contributed by atoms with Gasteiger partial charge in [-0.25, -0.2) is 9.98 Å². The highest BCUT2D eigenvalue weighted by atomic mass is 15.3. The van der Waals surface area contributed by atoms with Gasteiger partial charge in [-0.15, -0.1) is 0 Å². The molecule has 2 heterocycles. The molecule has 0 bridgehead atoms. The van der Waals surface area contributed by atoms with E-state index < -0.39 is 0 Å². The lowest BCUT2D eigenvalue weighted by Gasteiger charge is -2.33. The zero-order valence-corrected chi connectivity index (χ0v) is 15.4. The summed E-state index contributed by atoms with van der Waals surface area (Å²) in [6, 6.07) is 4.73. The molecule has 25 heavy (non-hydrogen) atoms. The summed E-state index contributed by atoms with van der Waals surface area (Å²) in [6.45, 7) is 7.90. The fourth-order valence-corrected chi connectivity index (χ4v) is 3.15. The third kappa shape index (κ3) is 5.19. The molecule has 1 saturated heterocycles. The average Bonchev–Trinajstić information content (AvgIpc) is 3.14. The fraction of sp³-hybridized carbons (Fsp3) is 0.579. The molecule has 2 N–H and O–H groups in total. The molecule has 1 fully saturated rings. The lowest BCUT2D eigenvalue weighted by molar-refractivity contribution is 0.312. The normalized spacial score (nSPS) is 19.4. The van der Waals surface area contributed by atoms with Crippen LogP contribution in [0.1, 0.15) is 25.3 Å². The highest BCUT2D eigenvalue weighted by molar-refractivity contribution is 5.80. The van der Waals surface area contributed by atoms with Crippen molar-refractivity contribution in [2.24, 2.45) is 4.99 Å². The van der Waals surface area contributed by atoms with Crippen molar-refractivity contribution < 1.29 is 0 Å². The van der Waals surface area contributed by atoms with Gasteiger partial charge in [0.2, 0.25) is 0 Å². The summed E-state index contributed by atoms with van der Waals surface area (Å²) in [7, 11) is 2.17. The van der Waals surface area contributed by atoms with Crippen LogP contribution in [0.5, 0.6) is 0 Å². The number of aliphatic imine (C=N–C) groups is 1. The third-order valence-corrected chi connectivity index (χ3v) is 4.75. The lowest BCUT2D eigenvalue weighted by Crippen LogP contribution is -2.44. The van der Waals surface area contributed by atoms with Gasteiger partial charge >= 0.3 is 0 Å². The van der Waals surface area contributed by atoms with Crippen LogP contribution in [0, 0.1) is 0 Å². The summed E-state index contributed by atoms with van der Waals surface area (Å²) in [4.78, 5) is 14.1. The molecular formula is C19H30N6. The first kappa shape index (κ1) is 17.7. The number of rotatable bonds is 5. The van der Waals surface area contributed by atoms with E-state index in [1.807, 2.05) is 6.20 Å². The van der Waals surface area contributed by atoms with E-state index in [1.165, 1.54) is 0 Å². The van der Waals surface area contributed by atoms with Gasteiger partial charge in [0.25, 0.3) is 0 Å². The Morgan fingerprint density at radius 2 is 1.96 bits per heavy atom. The number of nitrogens with zero attached hydrogens (tertiary/aromatic N) is 4. The number of aromatic nitrogens is 1. The van der Waals surface area contributed by atoms with E-state index in [4.69, 9.17) is 4.99 Å². The molecule has 1 aromatic heterocycles. The third-order valence-electron chi connectivity index (χ3n) is 4.75. The van der Waals surface area contributed by atoms with Crippen molar-refractivity contribution in [1.29, 1.82) is 0 Å². The topological polar surface area (TPSA) is 55.8 Å². The van der Waals surface area contributed by atoms with E-state index in [9.17, 15) is 0 Å². The molecule has 136 valence electrons. The van der Waals surface area contributed by atoms with Crippen LogP contribution < -0.4 is 15.5 Å². The molecule has 0 aromatic carbocycles. The molecular weight excluding hydrogens is 312 g/mol. The Morgan fingerprint density at radius 1 is 1.20 bits per heavy atom. The largest absolute Gasteiger partial charge is 0.357 e. The predicted molar refractivity (Wildman–Crippen MR) is 104 cm³/mol. The zero-order valence-electron chi connectivity index (χ0n) is 15.4. The predicted octanol–water partition coefficient (Wildman–Crippen LogP) is 1.61. The number of guanidine groups is 1. The monoisotopic (exact) mass is 342 g/mol. The molecule has 6 heteroatoms. The van der Waals surface area contributed by atoms with Crippen molar-refractivity contribution in [1.82, 2.24) is 20.5 Å². The van der Waals surface area contributed by atoms with Gasteiger partial charge in [0.05, 0.1) is 6.54 Å². The molecule has 6 nitrogen and oxygen atoms in total. The number of likely N-dealkylation sites (N-methyl/N-ethyl adjacent to an activating group) is 1. The summed E-state index contributed by atoms with van der Waals surface area (Å²) >= 11 is 0. The minimum absolute atomic E-state index is 0.468. The van der Waals surface area contributed by atoms with E-state index in [1.54, 1.807) is 0 Å². The summed E-state index contributed by atoms with van der Waals surface area (Å²) in [5, 5.41) is 6.82. The SMILES string of the molecule is CCNC(=NCc1ccc(N2CCN(C)CC2)nc1)NC1CC=CC1. The van der Waals surface area contributed by atoms with Crippen LogP contribution in [0.3, 0.4) is 0 Å². The van der Waals surface area contributed by atoms with Crippen molar-refractivity contribution in [2.45, 2.75) is 32.4 Å². The van der Waals surface area contributed by atoms with Crippen LogP contribution in [-0.4, -0.2) is 61.7 Å². The average molecular weight is 342 g/mol. The summed E-state index contributed by atoms with van der Waals surface area (Å²) < 4.78 is 0. The highest BCUT2D eigenvalue weighted by Gasteiger charge is 2.15. The number of hydrogen-bond acceptors (Lipinski definition) is 4. The van der Waals surface area contributed by atoms with Crippen molar-refractivity contribution in [3.8, 4) is 0 Å². The van der Waals surface area contributed by atoms with Crippen LogP contribution in [0.4, 0.5) is 5.82 Å². The van der Waals surface area contributed by atoms with E-state index in [2.05, 4.69) is 63.7 Å². The molecule has 1 aliphatic heterocycles. The van der Waals surface area contributed by atoms with E-state index in [-0.39, 0.29) is 0 Å². The second-order valence-corrected chi connectivity index (χ2v) is 6.79. The molecule has 1 aliphatic carbocycles. The Kier molecular flexibility index (Phi) is 6.28. The maximum absolute atomic E-state index is 4.71. The molecule has 1 aromatic rings. The lowest BCUT2D eigenvalue weighted by atomic mass is 10.2. The van der Waals surface area contributed by atoms with Crippen LogP contribution in [0.2, 0.25) is 0 Å². The second kappa shape index (κ2) is 8.85. The van der Waals surface area contributed by atoms with Crippen molar-refractivity contribution in [3.05, 3.63) is 36.0 Å². The molecule has 3 rings (SSSR count). The Labute approximate surface area is 151 Å². The Morgan fingerprint density at radius 3 is 2.60 bits per heavy atom. The van der Waals surface area contributed by atoms with E-state index in [0.29, 0.717) is 12.6 Å². The first-order chi connectivity index (χ1) is 12.2. The van der Waals surface area contributed by atoms with E-state index in [0.717, 1.165) is 62.9 Å². The van der Waals surface area contributed by atoms with Crippen molar-refractivity contribution in [3.63, 3.8) is 0 Å². The Hall–Kier alpha value is -2.08. The molecule has 0 unspecified atom stereocenters. The first-order valence-corrected chi connectivity index (χ1v) is 9.33. The van der Waals surface area contributed by atoms with Gasteiger partial charge in [0, 0.05) is 45.0 Å². The summed E-state index contributed by atoms with van der Waals surface area (Å²) in [5.41, 5.74) is 1.14. The van der Waals surface area contributed by atoms with Crippen molar-refractivity contribution in [2.75, 3.05) is 44.7 Å². The molecule has 0 spiro atoms. The van der Waals surface area contributed by atoms with Crippen LogP contribution in [0.25, 0.3) is 0 Å². The van der Waals surface area contributed by atoms with Crippen LogP contribution in [0.15, 0.2) is 35.5 Å².